The molecular weight excluding hydrogens is 178 g/mol. The fourth-order valence-electron chi connectivity index (χ4n) is 1.90. The highest BCUT2D eigenvalue weighted by molar-refractivity contribution is 6.04. The number of ether oxygens (including phenoxy) is 1. The van der Waals surface area contributed by atoms with Crippen LogP contribution in [0.5, 0.6) is 5.75 Å². The molecule has 1 heterocycles. The van der Waals surface area contributed by atoms with Crippen LogP contribution in [0.15, 0.2) is 18.2 Å². The van der Waals surface area contributed by atoms with Crippen molar-refractivity contribution in [2.45, 2.75) is 19.3 Å². The van der Waals surface area contributed by atoms with Gasteiger partial charge in [-0.15, -0.1) is 0 Å². The van der Waals surface area contributed by atoms with Gasteiger partial charge in [0.05, 0.1) is 18.7 Å². The van der Waals surface area contributed by atoms with Gasteiger partial charge in [0.2, 0.25) is 5.91 Å². The maximum atomic E-state index is 11.6. The monoisotopic (exact) mass is 191 g/mol. The molecule has 0 bridgehead atoms. The molecule has 3 nitrogen and oxygen atoms in total. The van der Waals surface area contributed by atoms with Crippen molar-refractivity contribution < 1.29 is 9.53 Å². The summed E-state index contributed by atoms with van der Waals surface area (Å²) in [6, 6.07) is 5.75. The van der Waals surface area contributed by atoms with E-state index < -0.39 is 0 Å². The molecule has 74 valence electrons. The first-order valence-corrected chi connectivity index (χ1v) is 4.75. The van der Waals surface area contributed by atoms with E-state index in [0.29, 0.717) is 0 Å². The minimum atomic E-state index is -0.0138. The van der Waals surface area contributed by atoms with Crippen LogP contribution >= 0.6 is 0 Å². The molecule has 1 atom stereocenters. The molecular formula is C11H13NO2. The molecule has 1 amide bonds. The average molecular weight is 191 g/mol. The summed E-state index contributed by atoms with van der Waals surface area (Å²) in [6.07, 6.45) is 0.825. The fourth-order valence-corrected chi connectivity index (χ4v) is 1.90. The van der Waals surface area contributed by atoms with Crippen molar-refractivity contribution in [2.75, 3.05) is 12.4 Å². The number of amides is 1. The maximum Gasteiger partial charge on any atom is 0.232 e. The minimum absolute atomic E-state index is 0.0138. The van der Waals surface area contributed by atoms with Crippen LogP contribution in [0.2, 0.25) is 0 Å². The molecule has 0 saturated heterocycles. The molecule has 14 heavy (non-hydrogen) atoms. The van der Waals surface area contributed by atoms with Gasteiger partial charge in [0.1, 0.15) is 5.75 Å². The molecule has 0 aromatic heterocycles. The Hall–Kier alpha value is -1.51. The topological polar surface area (TPSA) is 38.3 Å². The van der Waals surface area contributed by atoms with Crippen LogP contribution in [-0.4, -0.2) is 13.0 Å². The van der Waals surface area contributed by atoms with Crippen LogP contribution < -0.4 is 10.1 Å². The van der Waals surface area contributed by atoms with Crippen molar-refractivity contribution in [1.29, 1.82) is 0 Å². The number of rotatable bonds is 2. The number of methoxy groups -OCH3 is 1. The Balaban J connectivity index is 2.51. The van der Waals surface area contributed by atoms with Crippen LogP contribution in [0.3, 0.4) is 0 Å². The quantitative estimate of drug-likeness (QED) is 0.777. The molecule has 1 aromatic carbocycles. The van der Waals surface area contributed by atoms with Gasteiger partial charge < -0.3 is 10.1 Å². The van der Waals surface area contributed by atoms with Gasteiger partial charge in [-0.2, -0.15) is 0 Å². The van der Waals surface area contributed by atoms with Crippen LogP contribution in [0.1, 0.15) is 24.8 Å². The lowest BCUT2D eigenvalue weighted by Crippen LogP contribution is -2.10. The summed E-state index contributed by atoms with van der Waals surface area (Å²) in [7, 11) is 1.61. The lowest BCUT2D eigenvalue weighted by atomic mass is 9.98. The van der Waals surface area contributed by atoms with Gasteiger partial charge in [-0.3, -0.25) is 4.79 Å². The number of carbonyl (C=O) groups excluding carboxylic acids is 1. The van der Waals surface area contributed by atoms with Crippen molar-refractivity contribution in [1.82, 2.24) is 0 Å². The zero-order valence-corrected chi connectivity index (χ0v) is 8.33. The van der Waals surface area contributed by atoms with E-state index in [9.17, 15) is 4.79 Å². The molecule has 0 radical (unpaired) electrons. The Kier molecular flexibility index (Phi) is 2.15. The third-order valence-corrected chi connectivity index (χ3v) is 2.63. The highest BCUT2D eigenvalue weighted by Crippen LogP contribution is 2.40. The summed E-state index contributed by atoms with van der Waals surface area (Å²) in [5, 5.41) is 2.85. The smallest absolute Gasteiger partial charge is 0.232 e. The molecule has 2 rings (SSSR count). The lowest BCUT2D eigenvalue weighted by Gasteiger charge is -2.06. The van der Waals surface area contributed by atoms with E-state index in [2.05, 4.69) is 5.32 Å². The van der Waals surface area contributed by atoms with E-state index in [-0.39, 0.29) is 11.8 Å². The molecule has 0 fully saturated rings. The van der Waals surface area contributed by atoms with Gasteiger partial charge in [-0.25, -0.2) is 0 Å². The fraction of sp³-hybridized carbons (Fsp3) is 0.364. The van der Waals surface area contributed by atoms with Crippen molar-refractivity contribution in [3.63, 3.8) is 0 Å². The minimum Gasteiger partial charge on any atom is -0.495 e. The SMILES string of the molecule is CCC1C(=O)Nc2c(OC)cccc21. The normalized spacial score (nSPS) is 19.0. The molecule has 0 aliphatic carbocycles. The summed E-state index contributed by atoms with van der Waals surface area (Å²) in [5.74, 6) is 0.805. The number of para-hydroxylation sites is 1. The Morgan fingerprint density at radius 3 is 2.93 bits per heavy atom. The number of hydrogen-bond acceptors (Lipinski definition) is 2. The molecule has 1 aliphatic heterocycles. The lowest BCUT2D eigenvalue weighted by molar-refractivity contribution is -0.117. The second-order valence-electron chi connectivity index (χ2n) is 3.37. The molecule has 1 aromatic rings. The zero-order valence-electron chi connectivity index (χ0n) is 8.33. The van der Waals surface area contributed by atoms with Crippen molar-refractivity contribution >= 4 is 11.6 Å². The zero-order chi connectivity index (χ0) is 10.1. The highest BCUT2D eigenvalue weighted by Gasteiger charge is 2.30. The molecule has 0 saturated carbocycles. The third kappa shape index (κ3) is 1.16. The number of fused-ring (bicyclic) bond motifs is 1. The van der Waals surface area contributed by atoms with Gasteiger partial charge in [-0.1, -0.05) is 19.1 Å². The largest absolute Gasteiger partial charge is 0.495 e. The predicted molar refractivity (Wildman–Crippen MR) is 54.7 cm³/mol. The Morgan fingerprint density at radius 2 is 2.29 bits per heavy atom. The van der Waals surface area contributed by atoms with E-state index in [0.717, 1.165) is 23.4 Å². The van der Waals surface area contributed by atoms with Gasteiger partial charge in [-0.05, 0) is 18.1 Å². The molecule has 1 unspecified atom stereocenters. The Bertz CT molecular complexity index is 374. The molecule has 1 aliphatic rings. The number of anilines is 1. The van der Waals surface area contributed by atoms with Crippen molar-refractivity contribution in [3.05, 3.63) is 23.8 Å². The average Bonchev–Trinajstić information content (AvgIpc) is 2.52. The van der Waals surface area contributed by atoms with Gasteiger partial charge >= 0.3 is 0 Å². The van der Waals surface area contributed by atoms with Gasteiger partial charge in [0.15, 0.2) is 0 Å². The molecule has 3 heteroatoms. The van der Waals surface area contributed by atoms with E-state index in [1.165, 1.54) is 0 Å². The third-order valence-electron chi connectivity index (χ3n) is 2.63. The second-order valence-corrected chi connectivity index (χ2v) is 3.37. The summed E-state index contributed by atoms with van der Waals surface area (Å²) < 4.78 is 5.18. The summed E-state index contributed by atoms with van der Waals surface area (Å²) in [6.45, 7) is 2.01. The first kappa shape index (κ1) is 9.06. The summed E-state index contributed by atoms with van der Waals surface area (Å²) in [5.41, 5.74) is 1.89. The van der Waals surface area contributed by atoms with Crippen molar-refractivity contribution in [3.8, 4) is 5.75 Å². The van der Waals surface area contributed by atoms with Gasteiger partial charge in [0.25, 0.3) is 0 Å². The number of nitrogens with one attached hydrogen (secondary N) is 1. The van der Waals surface area contributed by atoms with Crippen LogP contribution in [0.25, 0.3) is 0 Å². The van der Waals surface area contributed by atoms with E-state index in [1.807, 2.05) is 25.1 Å². The first-order chi connectivity index (χ1) is 6.77. The second kappa shape index (κ2) is 3.33. The summed E-state index contributed by atoms with van der Waals surface area (Å²) >= 11 is 0. The van der Waals surface area contributed by atoms with Crippen molar-refractivity contribution in [2.24, 2.45) is 0 Å². The molecule has 0 spiro atoms. The Morgan fingerprint density at radius 1 is 1.50 bits per heavy atom. The van der Waals surface area contributed by atoms with Gasteiger partial charge in [0, 0.05) is 0 Å². The van der Waals surface area contributed by atoms with Crippen LogP contribution in [-0.2, 0) is 4.79 Å². The number of hydrogen-bond donors (Lipinski definition) is 1. The highest BCUT2D eigenvalue weighted by atomic mass is 16.5. The standard InChI is InChI=1S/C11H13NO2/c1-3-7-8-5-4-6-9(14-2)10(8)12-11(7)13/h4-7H,3H2,1-2H3,(H,12,13). The number of benzene rings is 1. The van der Waals surface area contributed by atoms with E-state index >= 15 is 0 Å². The van der Waals surface area contributed by atoms with E-state index in [4.69, 9.17) is 4.74 Å². The van der Waals surface area contributed by atoms with Crippen LogP contribution in [0.4, 0.5) is 5.69 Å². The predicted octanol–water partition coefficient (Wildman–Crippen LogP) is 2.14. The summed E-state index contributed by atoms with van der Waals surface area (Å²) in [4.78, 5) is 11.6. The molecule has 1 N–H and O–H groups in total. The van der Waals surface area contributed by atoms with Crippen LogP contribution in [0, 0.1) is 0 Å². The Labute approximate surface area is 83.1 Å². The maximum absolute atomic E-state index is 11.6. The first-order valence-electron chi connectivity index (χ1n) is 4.75. The van der Waals surface area contributed by atoms with E-state index in [1.54, 1.807) is 7.11 Å². The number of carbonyl (C=O) groups is 1.